The maximum absolute atomic E-state index is 13.3. The van der Waals surface area contributed by atoms with Gasteiger partial charge in [-0.1, -0.05) is 12.1 Å². The molecule has 0 aromatic heterocycles. The number of hydrogen-bond donors (Lipinski definition) is 1. The van der Waals surface area contributed by atoms with Gasteiger partial charge in [-0.2, -0.15) is 0 Å². The predicted octanol–water partition coefficient (Wildman–Crippen LogP) is 2.87. The number of nitro groups is 1. The van der Waals surface area contributed by atoms with E-state index in [1.165, 1.54) is 0 Å². The van der Waals surface area contributed by atoms with Gasteiger partial charge in [0.25, 0.3) is 0 Å². The summed E-state index contributed by atoms with van der Waals surface area (Å²) in [7, 11) is 3.94. The number of anilines is 1. The highest BCUT2D eigenvalue weighted by atomic mass is 19.1. The first-order chi connectivity index (χ1) is 12.4. The summed E-state index contributed by atoms with van der Waals surface area (Å²) in [5.74, 6) is -0.688. The zero-order valence-electron chi connectivity index (χ0n) is 14.5. The van der Waals surface area contributed by atoms with Crippen LogP contribution in [0.15, 0.2) is 42.5 Å². The Labute approximate surface area is 150 Å². The zero-order valence-corrected chi connectivity index (χ0v) is 14.5. The number of nitrogens with zero attached hydrogens (tertiary/aromatic N) is 2. The summed E-state index contributed by atoms with van der Waals surface area (Å²) in [4.78, 5) is 12.4. The first-order valence-electron chi connectivity index (χ1n) is 8.17. The number of hydrogen-bond acceptors (Lipinski definition) is 6. The third-order valence-corrected chi connectivity index (χ3v) is 4.11. The molecule has 138 valence electrons. The lowest BCUT2D eigenvalue weighted by Crippen LogP contribution is -2.22. The summed E-state index contributed by atoms with van der Waals surface area (Å²) in [6.07, 6.45) is -0.571. The second kappa shape index (κ2) is 7.67. The molecule has 8 heteroatoms. The number of halogens is 1. The molecule has 1 aliphatic heterocycles. The van der Waals surface area contributed by atoms with Crippen LogP contribution >= 0.6 is 0 Å². The summed E-state index contributed by atoms with van der Waals surface area (Å²) < 4.78 is 24.7. The van der Waals surface area contributed by atoms with Crippen molar-refractivity contribution >= 4 is 11.4 Å². The standard InChI is InChI=1S/C18H20FN3O4/c1-21(2)14-6-3-12(4-7-14)18-20-10-15(26-18)11-25-17-9-13(19)5-8-16(17)22(23)24/h3-9,15,18,20H,10-11H2,1-2H3/t15-,18-/m0/s1. The largest absolute Gasteiger partial charge is 0.484 e. The van der Waals surface area contributed by atoms with Crippen LogP contribution in [0, 0.1) is 15.9 Å². The Morgan fingerprint density at radius 2 is 2.04 bits per heavy atom. The molecule has 0 bridgehead atoms. The second-order valence-corrected chi connectivity index (χ2v) is 6.21. The lowest BCUT2D eigenvalue weighted by Gasteiger charge is -2.16. The maximum atomic E-state index is 13.3. The Morgan fingerprint density at radius 3 is 2.69 bits per heavy atom. The molecule has 1 saturated heterocycles. The van der Waals surface area contributed by atoms with E-state index in [-0.39, 0.29) is 30.4 Å². The van der Waals surface area contributed by atoms with Crippen molar-refractivity contribution in [3.05, 3.63) is 64.0 Å². The first-order valence-corrected chi connectivity index (χ1v) is 8.17. The number of nitrogens with one attached hydrogen (secondary N) is 1. The van der Waals surface area contributed by atoms with Crippen LogP contribution in [-0.4, -0.2) is 38.3 Å². The van der Waals surface area contributed by atoms with Gasteiger partial charge in [0.05, 0.1) is 4.92 Å². The molecule has 0 amide bonds. The smallest absolute Gasteiger partial charge is 0.311 e. The highest BCUT2D eigenvalue weighted by molar-refractivity contribution is 5.47. The van der Waals surface area contributed by atoms with Crippen molar-refractivity contribution in [2.24, 2.45) is 0 Å². The fourth-order valence-electron chi connectivity index (χ4n) is 2.71. The molecule has 26 heavy (non-hydrogen) atoms. The van der Waals surface area contributed by atoms with Crippen LogP contribution in [0.3, 0.4) is 0 Å². The van der Waals surface area contributed by atoms with E-state index in [0.717, 1.165) is 29.4 Å². The van der Waals surface area contributed by atoms with E-state index in [1.807, 2.05) is 43.3 Å². The summed E-state index contributed by atoms with van der Waals surface area (Å²) in [5, 5.41) is 14.2. The fourth-order valence-corrected chi connectivity index (χ4v) is 2.71. The Balaban J connectivity index is 1.60. The van der Waals surface area contributed by atoms with Gasteiger partial charge in [0.2, 0.25) is 0 Å². The van der Waals surface area contributed by atoms with Crippen molar-refractivity contribution in [3.63, 3.8) is 0 Å². The van der Waals surface area contributed by atoms with Gasteiger partial charge >= 0.3 is 5.69 Å². The SMILES string of the molecule is CN(C)c1ccc([C@H]2NC[C@@H](COc3cc(F)ccc3[N+](=O)[O-])O2)cc1. The average molecular weight is 361 g/mol. The van der Waals surface area contributed by atoms with Crippen LogP contribution in [0.1, 0.15) is 11.8 Å². The average Bonchev–Trinajstić information content (AvgIpc) is 3.09. The summed E-state index contributed by atoms with van der Waals surface area (Å²) in [6.45, 7) is 0.618. The number of rotatable bonds is 6. The maximum Gasteiger partial charge on any atom is 0.311 e. The van der Waals surface area contributed by atoms with Gasteiger partial charge in [-0.05, 0) is 23.8 Å². The summed E-state index contributed by atoms with van der Waals surface area (Å²) >= 11 is 0. The molecule has 0 unspecified atom stereocenters. The van der Waals surface area contributed by atoms with Crippen LogP contribution in [0.5, 0.6) is 5.75 Å². The van der Waals surface area contributed by atoms with Gasteiger partial charge in [-0.3, -0.25) is 15.4 Å². The summed E-state index contributed by atoms with van der Waals surface area (Å²) in [6, 6.07) is 11.1. The fraction of sp³-hybridized carbons (Fsp3) is 0.333. The van der Waals surface area contributed by atoms with Gasteiger partial charge in [0.1, 0.15) is 24.8 Å². The molecular weight excluding hydrogens is 341 g/mol. The van der Waals surface area contributed by atoms with E-state index in [1.54, 1.807) is 0 Å². The van der Waals surface area contributed by atoms with Crippen molar-refractivity contribution in [1.82, 2.24) is 5.32 Å². The highest BCUT2D eigenvalue weighted by Gasteiger charge is 2.27. The van der Waals surface area contributed by atoms with E-state index in [9.17, 15) is 14.5 Å². The number of benzene rings is 2. The minimum Gasteiger partial charge on any atom is -0.484 e. The van der Waals surface area contributed by atoms with Crippen molar-refractivity contribution in [3.8, 4) is 5.75 Å². The van der Waals surface area contributed by atoms with Gasteiger partial charge < -0.3 is 14.4 Å². The minimum absolute atomic E-state index is 0.0869. The molecule has 2 aromatic rings. The molecule has 2 aromatic carbocycles. The number of nitro benzene ring substituents is 1. The quantitative estimate of drug-likeness (QED) is 0.630. The van der Waals surface area contributed by atoms with Gasteiger partial charge in [0.15, 0.2) is 5.75 Å². The molecule has 1 aliphatic rings. The van der Waals surface area contributed by atoms with E-state index in [0.29, 0.717) is 6.54 Å². The van der Waals surface area contributed by atoms with Crippen molar-refractivity contribution < 1.29 is 18.8 Å². The lowest BCUT2D eigenvalue weighted by atomic mass is 10.2. The minimum atomic E-state index is -0.600. The van der Waals surface area contributed by atoms with Crippen molar-refractivity contribution in [2.75, 3.05) is 32.1 Å². The van der Waals surface area contributed by atoms with Crippen LogP contribution < -0.4 is 15.0 Å². The monoisotopic (exact) mass is 361 g/mol. The van der Waals surface area contributed by atoms with Gasteiger partial charge in [0, 0.05) is 38.5 Å². The second-order valence-electron chi connectivity index (χ2n) is 6.21. The molecular formula is C18H20FN3O4. The molecule has 2 atom stereocenters. The van der Waals surface area contributed by atoms with E-state index in [4.69, 9.17) is 9.47 Å². The predicted molar refractivity (Wildman–Crippen MR) is 94.9 cm³/mol. The highest BCUT2D eigenvalue weighted by Crippen LogP contribution is 2.29. The van der Waals surface area contributed by atoms with Crippen LogP contribution in [0.2, 0.25) is 0 Å². The molecule has 0 saturated carbocycles. The number of ether oxygens (including phenoxy) is 2. The Hall–Kier alpha value is -2.71. The molecule has 1 heterocycles. The topological polar surface area (TPSA) is 76.9 Å². The molecule has 0 spiro atoms. The third-order valence-electron chi connectivity index (χ3n) is 4.11. The van der Waals surface area contributed by atoms with Crippen LogP contribution in [-0.2, 0) is 4.74 Å². The van der Waals surface area contributed by atoms with Crippen LogP contribution in [0.4, 0.5) is 15.8 Å². The molecule has 0 aliphatic carbocycles. The molecule has 1 N–H and O–H groups in total. The Bertz CT molecular complexity index is 783. The van der Waals surface area contributed by atoms with Gasteiger partial charge in [-0.15, -0.1) is 0 Å². The van der Waals surface area contributed by atoms with E-state index < -0.39 is 10.7 Å². The first kappa shape index (κ1) is 18.1. The molecule has 0 radical (unpaired) electrons. The Morgan fingerprint density at radius 1 is 1.31 bits per heavy atom. The van der Waals surface area contributed by atoms with Gasteiger partial charge in [-0.25, -0.2) is 4.39 Å². The molecule has 1 fully saturated rings. The van der Waals surface area contributed by atoms with E-state index >= 15 is 0 Å². The summed E-state index contributed by atoms with van der Waals surface area (Å²) in [5.41, 5.74) is 1.80. The van der Waals surface area contributed by atoms with Crippen LogP contribution in [0.25, 0.3) is 0 Å². The Kier molecular flexibility index (Phi) is 5.34. The molecule has 7 nitrogen and oxygen atoms in total. The van der Waals surface area contributed by atoms with E-state index in [2.05, 4.69) is 5.32 Å². The molecule has 3 rings (SSSR count). The zero-order chi connectivity index (χ0) is 18.7. The van der Waals surface area contributed by atoms with Crippen molar-refractivity contribution in [2.45, 2.75) is 12.3 Å². The van der Waals surface area contributed by atoms with Crippen molar-refractivity contribution in [1.29, 1.82) is 0 Å². The normalized spacial score (nSPS) is 19.3. The third kappa shape index (κ3) is 4.09. The lowest BCUT2D eigenvalue weighted by molar-refractivity contribution is -0.386.